The Bertz CT molecular complexity index is 432. The summed E-state index contributed by atoms with van der Waals surface area (Å²) in [5, 5.41) is 14.9. The summed E-state index contributed by atoms with van der Waals surface area (Å²) in [6, 6.07) is 5.09. The molecule has 0 aromatic heterocycles. The number of carbonyl (C=O) groups is 1. The van der Waals surface area contributed by atoms with Gasteiger partial charge in [0.05, 0.1) is 24.0 Å². The second kappa shape index (κ2) is 8.39. The first-order valence-electron chi connectivity index (χ1n) is 6.66. The number of hydrogen-bond acceptors (Lipinski definition) is 5. The molecule has 1 unspecified atom stereocenters. The van der Waals surface area contributed by atoms with Gasteiger partial charge in [-0.2, -0.15) is 0 Å². The van der Waals surface area contributed by atoms with Crippen molar-refractivity contribution in [2.24, 2.45) is 0 Å². The summed E-state index contributed by atoms with van der Waals surface area (Å²) in [4.78, 5) is 11.7. The lowest BCUT2D eigenvalue weighted by molar-refractivity contribution is 0.0956. The Morgan fingerprint density at radius 1 is 1.50 bits per heavy atom. The van der Waals surface area contributed by atoms with E-state index in [1.165, 1.54) is 0 Å². The average Bonchev–Trinajstić information content (AvgIpc) is 2.42. The molecule has 20 heavy (non-hydrogen) atoms. The van der Waals surface area contributed by atoms with Crippen LogP contribution in [0, 0.1) is 0 Å². The molecule has 0 aliphatic heterocycles. The van der Waals surface area contributed by atoms with Crippen molar-refractivity contribution >= 4 is 17.3 Å². The number of rotatable bonds is 8. The van der Waals surface area contributed by atoms with Crippen molar-refractivity contribution in [1.29, 1.82) is 0 Å². The first kappa shape index (κ1) is 16.3. The molecule has 0 fully saturated rings. The maximum Gasteiger partial charge on any atom is 0.251 e. The Morgan fingerprint density at radius 3 is 2.80 bits per heavy atom. The minimum absolute atomic E-state index is 0.0254. The highest BCUT2D eigenvalue weighted by molar-refractivity contribution is 5.96. The van der Waals surface area contributed by atoms with Crippen LogP contribution < -0.4 is 16.4 Å². The van der Waals surface area contributed by atoms with Crippen LogP contribution in [0.4, 0.5) is 11.4 Å². The minimum atomic E-state index is -0.144. The van der Waals surface area contributed by atoms with Crippen LogP contribution in [0.25, 0.3) is 0 Å². The van der Waals surface area contributed by atoms with E-state index in [4.69, 9.17) is 15.6 Å². The van der Waals surface area contributed by atoms with Gasteiger partial charge >= 0.3 is 0 Å². The van der Waals surface area contributed by atoms with Gasteiger partial charge in [0.25, 0.3) is 5.91 Å². The molecule has 0 saturated carbocycles. The number of nitrogens with one attached hydrogen (secondary N) is 2. The number of nitrogen functional groups attached to an aromatic ring is 1. The second-order valence-corrected chi connectivity index (χ2v) is 4.47. The second-order valence-electron chi connectivity index (χ2n) is 4.47. The standard InChI is InChI=1S/C14H23N3O3/c1-3-16-14(19)10-4-5-13(12(15)8-10)17-11(6-7-18)9-20-2/h4-5,8,11,17-18H,3,6-7,9,15H2,1-2H3,(H,16,19). The van der Waals surface area contributed by atoms with E-state index in [0.717, 1.165) is 5.69 Å². The van der Waals surface area contributed by atoms with Crippen LogP contribution in [-0.4, -0.2) is 43.9 Å². The van der Waals surface area contributed by atoms with Gasteiger partial charge in [-0.05, 0) is 31.5 Å². The van der Waals surface area contributed by atoms with Crippen LogP contribution in [-0.2, 0) is 4.74 Å². The van der Waals surface area contributed by atoms with Crippen molar-refractivity contribution in [2.45, 2.75) is 19.4 Å². The van der Waals surface area contributed by atoms with E-state index in [9.17, 15) is 4.79 Å². The molecule has 0 saturated heterocycles. The molecule has 0 bridgehead atoms. The van der Waals surface area contributed by atoms with Gasteiger partial charge in [0, 0.05) is 25.8 Å². The predicted molar refractivity (Wildman–Crippen MR) is 79.9 cm³/mol. The number of aliphatic hydroxyl groups excluding tert-OH is 1. The van der Waals surface area contributed by atoms with Crippen LogP contribution in [0.2, 0.25) is 0 Å². The zero-order chi connectivity index (χ0) is 15.0. The van der Waals surface area contributed by atoms with E-state index in [1.54, 1.807) is 25.3 Å². The lowest BCUT2D eigenvalue weighted by Crippen LogP contribution is -2.27. The third-order valence-electron chi connectivity index (χ3n) is 2.86. The Balaban J connectivity index is 2.78. The number of ether oxygens (including phenoxy) is 1. The third-order valence-corrected chi connectivity index (χ3v) is 2.86. The molecule has 6 heteroatoms. The number of carbonyl (C=O) groups excluding carboxylic acids is 1. The molecular formula is C14H23N3O3. The molecule has 112 valence electrons. The van der Waals surface area contributed by atoms with E-state index in [2.05, 4.69) is 10.6 Å². The fourth-order valence-electron chi connectivity index (χ4n) is 1.87. The molecule has 1 atom stereocenters. The summed E-state index contributed by atoms with van der Waals surface area (Å²) in [5.74, 6) is -0.144. The summed E-state index contributed by atoms with van der Waals surface area (Å²) >= 11 is 0. The number of hydrogen-bond donors (Lipinski definition) is 4. The smallest absolute Gasteiger partial charge is 0.251 e. The molecule has 1 amide bonds. The van der Waals surface area contributed by atoms with Crippen molar-refractivity contribution in [1.82, 2.24) is 5.32 Å². The molecule has 0 spiro atoms. The monoisotopic (exact) mass is 281 g/mol. The highest BCUT2D eigenvalue weighted by atomic mass is 16.5. The molecule has 0 heterocycles. The van der Waals surface area contributed by atoms with Crippen LogP contribution in [0.3, 0.4) is 0 Å². The van der Waals surface area contributed by atoms with Crippen LogP contribution in [0.1, 0.15) is 23.7 Å². The summed E-state index contributed by atoms with van der Waals surface area (Å²) < 4.78 is 5.08. The molecule has 1 aromatic rings. The molecule has 0 aliphatic rings. The number of methoxy groups -OCH3 is 1. The zero-order valence-corrected chi connectivity index (χ0v) is 12.0. The van der Waals surface area contributed by atoms with Gasteiger partial charge in [-0.3, -0.25) is 4.79 Å². The van der Waals surface area contributed by atoms with Gasteiger partial charge in [-0.1, -0.05) is 0 Å². The quantitative estimate of drug-likeness (QED) is 0.529. The van der Waals surface area contributed by atoms with Crippen molar-refractivity contribution in [3.63, 3.8) is 0 Å². The van der Waals surface area contributed by atoms with Crippen molar-refractivity contribution in [3.8, 4) is 0 Å². The number of aliphatic hydroxyl groups is 1. The number of nitrogens with two attached hydrogens (primary N) is 1. The SMILES string of the molecule is CCNC(=O)c1ccc(NC(CCO)COC)c(N)c1. The van der Waals surface area contributed by atoms with E-state index >= 15 is 0 Å². The first-order chi connectivity index (χ1) is 9.62. The largest absolute Gasteiger partial charge is 0.397 e. The molecule has 0 aliphatic carbocycles. The number of anilines is 2. The van der Waals surface area contributed by atoms with E-state index in [1.807, 2.05) is 6.92 Å². The number of amides is 1. The van der Waals surface area contributed by atoms with Gasteiger partial charge < -0.3 is 26.2 Å². The molecule has 1 aromatic carbocycles. The Labute approximate surface area is 119 Å². The number of benzene rings is 1. The molecule has 1 rings (SSSR count). The van der Waals surface area contributed by atoms with Gasteiger partial charge in [-0.25, -0.2) is 0 Å². The summed E-state index contributed by atoms with van der Waals surface area (Å²) in [6.45, 7) is 2.97. The van der Waals surface area contributed by atoms with Crippen molar-refractivity contribution in [2.75, 3.05) is 37.9 Å². The third kappa shape index (κ3) is 4.71. The summed E-state index contributed by atoms with van der Waals surface area (Å²) in [7, 11) is 1.60. The Morgan fingerprint density at radius 2 is 2.25 bits per heavy atom. The predicted octanol–water partition coefficient (Wildman–Crippen LogP) is 0.828. The molecule has 5 N–H and O–H groups in total. The maximum atomic E-state index is 11.7. The van der Waals surface area contributed by atoms with Gasteiger partial charge in [0.15, 0.2) is 0 Å². The van der Waals surface area contributed by atoms with E-state index in [0.29, 0.717) is 30.8 Å². The zero-order valence-electron chi connectivity index (χ0n) is 12.0. The van der Waals surface area contributed by atoms with Crippen LogP contribution in [0.15, 0.2) is 18.2 Å². The van der Waals surface area contributed by atoms with Crippen molar-refractivity contribution < 1.29 is 14.6 Å². The van der Waals surface area contributed by atoms with Gasteiger partial charge in [0.2, 0.25) is 0 Å². The first-order valence-corrected chi connectivity index (χ1v) is 6.66. The minimum Gasteiger partial charge on any atom is -0.397 e. The Hall–Kier alpha value is -1.79. The maximum absolute atomic E-state index is 11.7. The van der Waals surface area contributed by atoms with E-state index in [-0.39, 0.29) is 18.6 Å². The van der Waals surface area contributed by atoms with Gasteiger partial charge in [-0.15, -0.1) is 0 Å². The molecular weight excluding hydrogens is 258 g/mol. The van der Waals surface area contributed by atoms with Crippen LogP contribution in [0.5, 0.6) is 0 Å². The summed E-state index contributed by atoms with van der Waals surface area (Å²) in [6.07, 6.45) is 0.561. The topological polar surface area (TPSA) is 96.6 Å². The fourth-order valence-corrected chi connectivity index (χ4v) is 1.87. The van der Waals surface area contributed by atoms with Crippen molar-refractivity contribution in [3.05, 3.63) is 23.8 Å². The van der Waals surface area contributed by atoms with E-state index < -0.39 is 0 Å². The lowest BCUT2D eigenvalue weighted by atomic mass is 10.1. The normalized spacial score (nSPS) is 11.9. The molecule has 6 nitrogen and oxygen atoms in total. The lowest BCUT2D eigenvalue weighted by Gasteiger charge is -2.19. The van der Waals surface area contributed by atoms with Gasteiger partial charge in [0.1, 0.15) is 0 Å². The molecule has 0 radical (unpaired) electrons. The highest BCUT2D eigenvalue weighted by Crippen LogP contribution is 2.21. The fraction of sp³-hybridized carbons (Fsp3) is 0.500. The average molecular weight is 281 g/mol. The summed E-state index contributed by atoms with van der Waals surface area (Å²) in [5.41, 5.74) is 7.70. The Kier molecular flexibility index (Phi) is 6.83. The van der Waals surface area contributed by atoms with Crippen LogP contribution >= 0.6 is 0 Å². The highest BCUT2D eigenvalue weighted by Gasteiger charge is 2.11.